The van der Waals surface area contributed by atoms with Gasteiger partial charge in [-0.1, -0.05) is 27.5 Å². The summed E-state index contributed by atoms with van der Waals surface area (Å²) in [6, 6.07) is 5.66. The third kappa shape index (κ3) is 3.09. The molecule has 0 saturated carbocycles. The van der Waals surface area contributed by atoms with E-state index in [0.29, 0.717) is 5.02 Å². The van der Waals surface area contributed by atoms with Crippen molar-refractivity contribution in [3.63, 3.8) is 0 Å². The maximum Gasteiger partial charge on any atom is 0.0904 e. The quantitative estimate of drug-likeness (QED) is 0.574. The fourth-order valence-corrected chi connectivity index (χ4v) is 3.19. The largest absolute Gasteiger partial charge is 0.271 e. The van der Waals surface area contributed by atoms with E-state index in [1.807, 2.05) is 22.9 Å². The van der Waals surface area contributed by atoms with E-state index >= 15 is 0 Å². The summed E-state index contributed by atoms with van der Waals surface area (Å²) in [4.78, 5) is 0. The first-order valence-electron chi connectivity index (χ1n) is 6.09. The molecule has 1 unspecified atom stereocenters. The number of nitrogens with zero attached hydrogens (tertiary/aromatic N) is 2. The number of halogens is 3. The van der Waals surface area contributed by atoms with Crippen molar-refractivity contribution in [3.05, 3.63) is 49.6 Å². The van der Waals surface area contributed by atoms with E-state index in [1.165, 1.54) is 0 Å². The van der Waals surface area contributed by atoms with Crippen molar-refractivity contribution in [1.29, 1.82) is 0 Å². The number of rotatable bonds is 4. The van der Waals surface area contributed by atoms with E-state index in [0.717, 1.165) is 20.2 Å². The molecule has 3 N–H and O–H groups in total. The lowest BCUT2D eigenvalue weighted by Gasteiger charge is -2.22. The average molecular weight is 423 g/mol. The Morgan fingerprint density at radius 1 is 1.35 bits per heavy atom. The molecule has 4 nitrogen and oxygen atoms in total. The SMILES string of the molecule is CC(C)n1ncc(Br)c1C(NN)c1cc(Br)ccc1Cl. The summed E-state index contributed by atoms with van der Waals surface area (Å²) in [5, 5.41) is 5.03. The van der Waals surface area contributed by atoms with Crippen LogP contribution in [0.15, 0.2) is 33.3 Å². The van der Waals surface area contributed by atoms with Gasteiger partial charge in [-0.25, -0.2) is 5.43 Å². The second kappa shape index (κ2) is 6.58. The smallest absolute Gasteiger partial charge is 0.0904 e. The fraction of sp³-hybridized carbons (Fsp3) is 0.308. The van der Waals surface area contributed by atoms with Gasteiger partial charge in [-0.3, -0.25) is 10.5 Å². The van der Waals surface area contributed by atoms with Gasteiger partial charge in [-0.2, -0.15) is 5.10 Å². The molecule has 1 aromatic heterocycles. The van der Waals surface area contributed by atoms with Crippen LogP contribution in [0.3, 0.4) is 0 Å². The minimum atomic E-state index is -0.251. The molecule has 1 heterocycles. The maximum atomic E-state index is 6.31. The maximum absolute atomic E-state index is 6.31. The second-order valence-corrected chi connectivity index (χ2v) is 6.86. The minimum Gasteiger partial charge on any atom is -0.271 e. The molecule has 0 spiro atoms. The van der Waals surface area contributed by atoms with Crippen molar-refractivity contribution in [2.75, 3.05) is 0 Å². The Hall–Kier alpha value is -0.400. The Kier molecular flexibility index (Phi) is 5.25. The molecule has 0 aliphatic carbocycles. The summed E-state index contributed by atoms with van der Waals surface area (Å²) in [6.45, 7) is 4.14. The highest BCUT2D eigenvalue weighted by Gasteiger charge is 2.24. The molecular weight excluding hydrogens is 407 g/mol. The van der Waals surface area contributed by atoms with Crippen LogP contribution in [-0.2, 0) is 0 Å². The molecule has 0 amide bonds. The van der Waals surface area contributed by atoms with Crippen molar-refractivity contribution in [3.8, 4) is 0 Å². The molecule has 2 rings (SSSR count). The number of aromatic nitrogens is 2. The van der Waals surface area contributed by atoms with Gasteiger partial charge < -0.3 is 0 Å². The third-order valence-corrected chi connectivity index (χ3v) is 4.43. The number of hydrogen-bond acceptors (Lipinski definition) is 3. The highest BCUT2D eigenvalue weighted by atomic mass is 79.9. The van der Waals surface area contributed by atoms with E-state index in [-0.39, 0.29) is 12.1 Å². The summed E-state index contributed by atoms with van der Waals surface area (Å²) in [6.07, 6.45) is 1.77. The molecule has 1 atom stereocenters. The molecule has 0 bridgehead atoms. The molecular formula is C13H15Br2ClN4. The third-order valence-electron chi connectivity index (χ3n) is 2.99. The van der Waals surface area contributed by atoms with Crippen LogP contribution in [0.1, 0.15) is 37.2 Å². The standard InChI is InChI=1S/C13H15Br2ClN4/c1-7(2)20-13(10(15)6-18-20)12(19-17)9-5-8(14)3-4-11(9)16/h3-7,12,19H,17H2,1-2H3. The molecule has 0 aliphatic heterocycles. The normalized spacial score (nSPS) is 12.9. The zero-order valence-electron chi connectivity index (χ0n) is 11.1. The first kappa shape index (κ1) is 16.0. The molecule has 0 radical (unpaired) electrons. The van der Waals surface area contributed by atoms with Crippen molar-refractivity contribution in [2.24, 2.45) is 5.84 Å². The molecule has 108 valence electrons. The summed E-state index contributed by atoms with van der Waals surface area (Å²) in [5.41, 5.74) is 4.67. The van der Waals surface area contributed by atoms with Gasteiger partial charge in [-0.15, -0.1) is 0 Å². The Bertz CT molecular complexity index is 612. The number of benzene rings is 1. The van der Waals surface area contributed by atoms with E-state index < -0.39 is 0 Å². The van der Waals surface area contributed by atoms with Gasteiger partial charge in [0.1, 0.15) is 0 Å². The van der Waals surface area contributed by atoms with Crippen molar-refractivity contribution in [2.45, 2.75) is 25.9 Å². The second-order valence-electron chi connectivity index (χ2n) is 4.68. The predicted octanol–water partition coefficient (Wildman–Crippen LogP) is 4.20. The van der Waals surface area contributed by atoms with Gasteiger partial charge >= 0.3 is 0 Å². The lowest BCUT2D eigenvalue weighted by atomic mass is 10.0. The summed E-state index contributed by atoms with van der Waals surface area (Å²) >= 11 is 13.3. The predicted molar refractivity (Wildman–Crippen MR) is 88.6 cm³/mol. The van der Waals surface area contributed by atoms with Gasteiger partial charge in [-0.05, 0) is 53.5 Å². The van der Waals surface area contributed by atoms with Gasteiger partial charge in [0.25, 0.3) is 0 Å². The van der Waals surface area contributed by atoms with Crippen molar-refractivity contribution < 1.29 is 0 Å². The summed E-state index contributed by atoms with van der Waals surface area (Å²) < 4.78 is 3.76. The van der Waals surface area contributed by atoms with Gasteiger partial charge in [0.15, 0.2) is 0 Å². The fourth-order valence-electron chi connectivity index (χ4n) is 2.08. The molecule has 0 aliphatic rings. The van der Waals surface area contributed by atoms with E-state index in [4.69, 9.17) is 17.4 Å². The van der Waals surface area contributed by atoms with Crippen LogP contribution in [0.2, 0.25) is 5.02 Å². The van der Waals surface area contributed by atoms with Gasteiger partial charge in [0, 0.05) is 15.5 Å². The average Bonchev–Trinajstić information content (AvgIpc) is 2.77. The van der Waals surface area contributed by atoms with E-state index in [1.54, 1.807) is 6.20 Å². The Labute approximate surface area is 139 Å². The Morgan fingerprint density at radius 2 is 2.05 bits per heavy atom. The zero-order valence-corrected chi connectivity index (χ0v) is 15.0. The van der Waals surface area contributed by atoms with Gasteiger partial charge in [0.2, 0.25) is 0 Å². The molecule has 0 saturated heterocycles. The van der Waals surface area contributed by atoms with Crippen LogP contribution in [0.4, 0.5) is 0 Å². The molecule has 20 heavy (non-hydrogen) atoms. The number of nitrogens with one attached hydrogen (secondary N) is 1. The summed E-state index contributed by atoms with van der Waals surface area (Å²) in [7, 11) is 0. The van der Waals surface area contributed by atoms with Crippen molar-refractivity contribution >= 4 is 43.5 Å². The van der Waals surface area contributed by atoms with Crippen LogP contribution < -0.4 is 11.3 Å². The Balaban J connectivity index is 2.58. The lowest BCUT2D eigenvalue weighted by molar-refractivity contribution is 0.475. The van der Waals surface area contributed by atoms with Crippen LogP contribution >= 0.6 is 43.5 Å². The van der Waals surface area contributed by atoms with E-state index in [9.17, 15) is 0 Å². The van der Waals surface area contributed by atoms with Crippen LogP contribution in [0.5, 0.6) is 0 Å². The topological polar surface area (TPSA) is 55.9 Å². The molecule has 0 fully saturated rings. The van der Waals surface area contributed by atoms with Crippen LogP contribution in [0.25, 0.3) is 0 Å². The van der Waals surface area contributed by atoms with Gasteiger partial charge in [0.05, 0.1) is 22.4 Å². The molecule has 2 aromatic rings. The number of nitrogens with two attached hydrogens (primary N) is 1. The lowest BCUT2D eigenvalue weighted by Crippen LogP contribution is -2.31. The number of hydrogen-bond donors (Lipinski definition) is 2. The van der Waals surface area contributed by atoms with Crippen LogP contribution in [-0.4, -0.2) is 9.78 Å². The van der Waals surface area contributed by atoms with Crippen molar-refractivity contribution in [1.82, 2.24) is 15.2 Å². The summed E-state index contributed by atoms with van der Waals surface area (Å²) in [5.74, 6) is 5.77. The monoisotopic (exact) mass is 420 g/mol. The van der Waals surface area contributed by atoms with Crippen LogP contribution in [0, 0.1) is 0 Å². The zero-order chi connectivity index (χ0) is 14.9. The first-order chi connectivity index (χ1) is 9.45. The van der Waals surface area contributed by atoms with E-state index in [2.05, 4.69) is 56.2 Å². The molecule has 1 aromatic carbocycles. The number of hydrazine groups is 1. The first-order valence-corrected chi connectivity index (χ1v) is 8.06. The molecule has 7 heteroatoms. The highest BCUT2D eigenvalue weighted by Crippen LogP contribution is 2.34. The minimum absolute atomic E-state index is 0.220. The highest BCUT2D eigenvalue weighted by molar-refractivity contribution is 9.10. The Morgan fingerprint density at radius 3 is 2.65 bits per heavy atom.